The molecule has 1 aromatic rings. The first-order valence-electron chi connectivity index (χ1n) is 12.2. The molecule has 0 N–H and O–H groups in total. The minimum Gasteiger partial charge on any atom is -0.379 e. The lowest BCUT2D eigenvalue weighted by Gasteiger charge is -2.30. The summed E-state index contributed by atoms with van der Waals surface area (Å²) in [7, 11) is 0. The van der Waals surface area contributed by atoms with Crippen molar-refractivity contribution in [1.29, 1.82) is 0 Å². The van der Waals surface area contributed by atoms with E-state index in [1.807, 2.05) is 0 Å². The van der Waals surface area contributed by atoms with Crippen LogP contribution in [-0.4, -0.2) is 61.6 Å². The smallest absolute Gasteiger partial charge is 0.223 e. The number of rotatable bonds is 12. The van der Waals surface area contributed by atoms with E-state index in [0.717, 1.165) is 58.8 Å². The summed E-state index contributed by atoms with van der Waals surface area (Å²) in [6.07, 6.45) is 8.61. The number of amides is 1. The Bertz CT molecular complexity index is 658. The fourth-order valence-corrected chi connectivity index (χ4v) is 4.00. The van der Waals surface area contributed by atoms with Crippen molar-refractivity contribution in [3.8, 4) is 0 Å². The molecule has 0 bridgehead atoms. The van der Waals surface area contributed by atoms with E-state index >= 15 is 0 Å². The van der Waals surface area contributed by atoms with Gasteiger partial charge in [0.15, 0.2) is 0 Å². The fraction of sp³-hybridized carbons (Fsp3) is 0.667. The first-order valence-corrected chi connectivity index (χ1v) is 12.2. The molecule has 31 heavy (non-hydrogen) atoms. The van der Waals surface area contributed by atoms with Crippen molar-refractivity contribution in [3.05, 3.63) is 41.5 Å². The van der Waals surface area contributed by atoms with E-state index in [9.17, 15) is 4.79 Å². The number of hydrogen-bond donors (Lipinski definition) is 0. The molecular weight excluding hydrogens is 384 g/mol. The number of ether oxygens (including phenoxy) is 1. The predicted octanol–water partition coefficient (Wildman–Crippen LogP) is 5.64. The van der Waals surface area contributed by atoms with Crippen molar-refractivity contribution >= 4 is 12.0 Å². The highest BCUT2D eigenvalue weighted by Gasteiger charge is 2.22. The highest BCUT2D eigenvalue weighted by atomic mass is 16.5. The van der Waals surface area contributed by atoms with Crippen LogP contribution < -0.4 is 0 Å². The van der Waals surface area contributed by atoms with Gasteiger partial charge in [-0.15, -0.1) is 0 Å². The molecule has 0 spiro atoms. The third-order valence-corrected chi connectivity index (χ3v) is 5.71. The van der Waals surface area contributed by atoms with Crippen molar-refractivity contribution < 1.29 is 9.53 Å². The number of carbonyl (C=O) groups is 1. The Morgan fingerprint density at radius 3 is 2.45 bits per heavy atom. The van der Waals surface area contributed by atoms with Gasteiger partial charge >= 0.3 is 0 Å². The number of morpholine rings is 1. The lowest BCUT2D eigenvalue weighted by Crippen LogP contribution is -2.40. The molecule has 0 aromatic heterocycles. The molecule has 0 saturated carbocycles. The Hall–Kier alpha value is -1.65. The van der Waals surface area contributed by atoms with Gasteiger partial charge in [0.2, 0.25) is 5.91 Å². The third kappa shape index (κ3) is 11.0. The standard InChI is InChI=1S/C27H44N2O2/c1-5-6-8-14-25(21-24-12-9-7-10-13-24)23-29(26(30)22-27(2,3)4)16-11-15-28-17-19-31-20-18-28/h7,9-10,12-13,21H,5-6,8,11,14-20,22-23H2,1-4H3. The molecule has 1 saturated heterocycles. The summed E-state index contributed by atoms with van der Waals surface area (Å²) in [4.78, 5) is 17.8. The Morgan fingerprint density at radius 1 is 1.10 bits per heavy atom. The van der Waals surface area contributed by atoms with Crippen LogP contribution in [0.1, 0.15) is 71.8 Å². The minimum atomic E-state index is 0.00502. The van der Waals surface area contributed by atoms with Crippen molar-refractivity contribution in [1.82, 2.24) is 9.80 Å². The molecule has 1 fully saturated rings. The lowest BCUT2D eigenvalue weighted by atomic mass is 9.91. The molecule has 0 radical (unpaired) electrons. The molecule has 0 unspecified atom stereocenters. The summed E-state index contributed by atoms with van der Waals surface area (Å²) < 4.78 is 5.46. The topological polar surface area (TPSA) is 32.8 Å². The average molecular weight is 429 g/mol. The number of unbranched alkanes of at least 4 members (excludes halogenated alkanes) is 2. The maximum Gasteiger partial charge on any atom is 0.223 e. The van der Waals surface area contributed by atoms with Crippen LogP contribution in [0.25, 0.3) is 6.08 Å². The summed E-state index contributed by atoms with van der Waals surface area (Å²) >= 11 is 0. The van der Waals surface area contributed by atoms with E-state index in [1.165, 1.54) is 30.4 Å². The van der Waals surface area contributed by atoms with Crippen LogP contribution in [0.15, 0.2) is 35.9 Å². The summed E-state index contributed by atoms with van der Waals surface area (Å²) in [5, 5.41) is 0. The monoisotopic (exact) mass is 428 g/mol. The SMILES string of the molecule is CCCCCC(=Cc1ccccc1)CN(CCCN1CCOCC1)C(=O)CC(C)(C)C. The molecule has 4 heteroatoms. The van der Waals surface area contributed by atoms with Gasteiger partial charge in [0.25, 0.3) is 0 Å². The summed E-state index contributed by atoms with van der Waals surface area (Å²) in [5.74, 6) is 0.281. The van der Waals surface area contributed by atoms with Crippen molar-refractivity contribution in [2.45, 2.75) is 66.2 Å². The molecule has 1 aromatic carbocycles. The zero-order valence-electron chi connectivity index (χ0n) is 20.4. The first-order chi connectivity index (χ1) is 14.9. The molecule has 4 nitrogen and oxygen atoms in total. The average Bonchev–Trinajstić information content (AvgIpc) is 2.73. The van der Waals surface area contributed by atoms with Gasteiger partial charge in [-0.05, 0) is 30.2 Å². The quantitative estimate of drug-likeness (QED) is 0.404. The second-order valence-corrected chi connectivity index (χ2v) is 10.0. The molecule has 174 valence electrons. The Kier molecular flexibility index (Phi) is 11.3. The molecule has 2 rings (SSSR count). The van der Waals surface area contributed by atoms with Gasteiger partial charge in [0, 0.05) is 39.1 Å². The molecule has 1 heterocycles. The largest absolute Gasteiger partial charge is 0.379 e. The zero-order chi connectivity index (χ0) is 22.5. The van der Waals surface area contributed by atoms with E-state index in [0.29, 0.717) is 6.42 Å². The molecule has 0 aliphatic carbocycles. The van der Waals surface area contributed by atoms with Gasteiger partial charge in [0.05, 0.1) is 13.2 Å². The fourth-order valence-electron chi connectivity index (χ4n) is 4.00. The van der Waals surface area contributed by atoms with E-state index in [-0.39, 0.29) is 11.3 Å². The number of benzene rings is 1. The van der Waals surface area contributed by atoms with Crippen LogP contribution in [0.2, 0.25) is 0 Å². The minimum absolute atomic E-state index is 0.00502. The summed E-state index contributed by atoms with van der Waals surface area (Å²) in [6.45, 7) is 15.0. The molecular formula is C27H44N2O2. The maximum absolute atomic E-state index is 13.2. The number of carbonyl (C=O) groups excluding carboxylic acids is 1. The molecule has 1 aliphatic rings. The van der Waals surface area contributed by atoms with Gasteiger partial charge < -0.3 is 9.64 Å². The van der Waals surface area contributed by atoms with E-state index in [2.05, 4.69) is 73.9 Å². The summed E-state index contributed by atoms with van der Waals surface area (Å²) in [6, 6.07) is 10.5. The second-order valence-electron chi connectivity index (χ2n) is 10.0. The van der Waals surface area contributed by atoms with Gasteiger partial charge in [-0.1, -0.05) is 82.5 Å². The summed E-state index contributed by atoms with van der Waals surface area (Å²) in [5.41, 5.74) is 2.60. The van der Waals surface area contributed by atoms with Crippen LogP contribution in [0.3, 0.4) is 0 Å². The van der Waals surface area contributed by atoms with E-state index in [4.69, 9.17) is 4.74 Å². The van der Waals surface area contributed by atoms with Gasteiger partial charge in [0.1, 0.15) is 0 Å². The first kappa shape index (κ1) is 25.6. The number of nitrogens with zero attached hydrogens (tertiary/aromatic N) is 2. The Balaban J connectivity index is 2.07. The molecule has 1 aliphatic heterocycles. The predicted molar refractivity (Wildman–Crippen MR) is 131 cm³/mol. The molecule has 0 atom stereocenters. The Morgan fingerprint density at radius 2 is 1.81 bits per heavy atom. The lowest BCUT2D eigenvalue weighted by molar-refractivity contribution is -0.132. The van der Waals surface area contributed by atoms with Gasteiger partial charge in [-0.25, -0.2) is 0 Å². The van der Waals surface area contributed by atoms with Crippen molar-refractivity contribution in [3.63, 3.8) is 0 Å². The second kappa shape index (κ2) is 13.7. The third-order valence-electron chi connectivity index (χ3n) is 5.71. The van der Waals surface area contributed by atoms with Crippen molar-refractivity contribution in [2.75, 3.05) is 45.9 Å². The normalized spacial score (nSPS) is 15.8. The van der Waals surface area contributed by atoms with Gasteiger partial charge in [-0.2, -0.15) is 0 Å². The molecule has 1 amide bonds. The Labute approximate surface area is 190 Å². The van der Waals surface area contributed by atoms with Gasteiger partial charge in [-0.3, -0.25) is 9.69 Å². The highest BCUT2D eigenvalue weighted by Crippen LogP contribution is 2.22. The van der Waals surface area contributed by atoms with Crippen LogP contribution in [0.4, 0.5) is 0 Å². The number of hydrogen-bond acceptors (Lipinski definition) is 3. The van der Waals surface area contributed by atoms with Crippen LogP contribution in [0.5, 0.6) is 0 Å². The van der Waals surface area contributed by atoms with Crippen LogP contribution in [-0.2, 0) is 9.53 Å². The maximum atomic E-state index is 13.2. The van der Waals surface area contributed by atoms with Crippen LogP contribution in [0, 0.1) is 5.41 Å². The van der Waals surface area contributed by atoms with E-state index in [1.54, 1.807) is 0 Å². The van der Waals surface area contributed by atoms with Crippen molar-refractivity contribution in [2.24, 2.45) is 5.41 Å². The zero-order valence-corrected chi connectivity index (χ0v) is 20.4. The van der Waals surface area contributed by atoms with Crippen LogP contribution >= 0.6 is 0 Å². The van der Waals surface area contributed by atoms with E-state index < -0.39 is 0 Å². The highest BCUT2D eigenvalue weighted by molar-refractivity contribution is 5.77.